The number of halogens is 2. The van der Waals surface area contributed by atoms with E-state index >= 15 is 0 Å². The Hall–Kier alpha value is 0.905. The van der Waals surface area contributed by atoms with E-state index < -0.39 is 243 Å². The number of nitrogens with zero attached hydrogens (tertiary/aromatic N) is 1. The second-order valence-corrected chi connectivity index (χ2v) is 32.7. The fourth-order valence-corrected chi connectivity index (χ4v) is 20.3. The number of aromatic nitrogens is 1. The third-order valence-electron chi connectivity index (χ3n) is 24.9. The Morgan fingerprint density at radius 3 is 0.966 bits per heavy atom. The first-order chi connectivity index (χ1) is 54.9. The van der Waals surface area contributed by atoms with Crippen LogP contribution in [0.3, 0.4) is 0 Å². The minimum Gasteiger partial charge on any atom is -0.493 e. The lowest BCUT2D eigenvalue weighted by atomic mass is 8.20. The van der Waals surface area contributed by atoms with Gasteiger partial charge >= 0.3 is 0 Å². The molecule has 4 aromatic carbocycles. The third kappa shape index (κ3) is 25.8. The predicted molar refractivity (Wildman–Crippen MR) is 601 cm³/mol. The second-order valence-electron chi connectivity index (χ2n) is 32.7. The van der Waals surface area contributed by atoms with Crippen LogP contribution in [-0.4, -0.2) is 576 Å². The van der Waals surface area contributed by atoms with Gasteiger partial charge in [0.05, 0.1) is 13.2 Å². The lowest BCUT2D eigenvalue weighted by Gasteiger charge is -2.61. The topological polar surface area (TPSA) is 37.5 Å². The van der Waals surface area contributed by atoms with Crippen LogP contribution in [0.2, 0.25) is 0 Å². The summed E-state index contributed by atoms with van der Waals surface area (Å²) in [5.41, 5.74) is 8.52. The van der Waals surface area contributed by atoms with Crippen LogP contribution >= 0.6 is 0 Å². The largest absolute Gasteiger partial charge is 0.493 e. The van der Waals surface area contributed by atoms with Crippen molar-refractivity contribution in [3.05, 3.63) is 130 Å². The van der Waals surface area contributed by atoms with Gasteiger partial charge in [-0.2, -0.15) is 0 Å². The maximum atomic E-state index is 14.1. The number of H-pyrrole nitrogens is 1. The summed E-state index contributed by atoms with van der Waals surface area (Å²) in [4.78, 5) is 6.23. The number of methoxy groups -OCH3 is 1. The van der Waals surface area contributed by atoms with Gasteiger partial charge in [0.15, 0.2) is 11.5 Å². The smallest absolute Gasteiger partial charge is 0.161 e. The van der Waals surface area contributed by atoms with Crippen molar-refractivity contribution in [1.82, 2.24) is 9.88 Å². The summed E-state index contributed by atoms with van der Waals surface area (Å²) < 4.78 is 40.0. The maximum absolute atomic E-state index is 14.1. The molecule has 436 valence electrons. The van der Waals surface area contributed by atoms with Gasteiger partial charge in [-0.05, 0) is 89.5 Å². The van der Waals surface area contributed by atoms with E-state index in [0.29, 0.717) is 17.1 Å². The lowest BCUT2D eigenvalue weighted by molar-refractivity contribution is 0.127. The first-order valence-electron chi connectivity index (χ1n) is 39.4. The molecule has 1 N–H and O–H groups in total. The predicted octanol–water partition coefficient (Wildman–Crippen LogP) is -22.1. The molecule has 0 fully saturated rings. The molecule has 118 heavy (non-hydrogen) atoms. The van der Waals surface area contributed by atoms with Crippen LogP contribution in [-0.2, 0) is 19.4 Å². The Morgan fingerprint density at radius 2 is 0.669 bits per heavy atom. The Morgan fingerprint density at radius 1 is 0.364 bits per heavy atom. The standard InChI is InChI=1S/C34H30F2N2O2.B78/c1-20-7-8-21(15-28(20)36)19-40-32-16-23-13-14-38-30(26(23)18-31(32)39-2)17-27-25-5-3-4-6-29(25)37-33(27)34(38)22-9-11-24(35)12-10-22;1-41(2)61(42(3)4)71(62(43(5)6)44(7)8)76(72(63(45(9)10)46(11)12)64(47(13)14)48(15)16)78(75(69(57(33)34)58(35)36)70(59(37)38)60(39)40)77(73(65(49(17)18)50(19)20)66(51(21)22)52(23)24)74(67(53(25)26)54(27)28)68(55(29)30)56(31)32/h3-12,15-16,18,30,34,37H,13-14,17,19H2,1-2H3;. The number of rotatable bonds is 42. The Kier molecular flexibility index (Phi) is 43.9. The van der Waals surface area contributed by atoms with Gasteiger partial charge in [-0.3, -0.25) is 4.90 Å². The van der Waals surface area contributed by atoms with Crippen LogP contribution in [0.15, 0.2) is 78.9 Å². The lowest BCUT2D eigenvalue weighted by Crippen LogP contribution is -2.99. The normalized spacial score (nSPS) is 12.6. The summed E-state index contributed by atoms with van der Waals surface area (Å²) in [7, 11) is 275. The van der Waals surface area contributed by atoms with Gasteiger partial charge in [-0.1, -0.05) is 42.5 Å². The minimum atomic E-state index is -1.89. The highest BCUT2D eigenvalue weighted by molar-refractivity contribution is 8.41. The second kappa shape index (κ2) is 48.2. The number of hydrogen-bond donors (Lipinski definition) is 1. The molecule has 0 saturated heterocycles. The molecular formula is C34H30B78F2N2O2. The molecule has 80 radical (unpaired) electrons. The molecule has 2 unspecified atom stereocenters. The van der Waals surface area contributed by atoms with Crippen molar-refractivity contribution in [3.63, 3.8) is 0 Å². The molecule has 84 heteroatoms. The van der Waals surface area contributed by atoms with E-state index in [0.717, 1.165) is 36.0 Å². The number of aromatic amines is 1. The number of nitrogens with one attached hydrogen (secondary N) is 1. The summed E-state index contributed by atoms with van der Waals surface area (Å²) in [5, 5.41) is 1.23. The molecule has 2 aliphatic heterocycles. The van der Waals surface area contributed by atoms with Crippen molar-refractivity contribution in [2.75, 3.05) is 13.7 Å². The van der Waals surface area contributed by atoms with Gasteiger partial charge in [0, 0.05) is 581 Å². The highest BCUT2D eigenvalue weighted by Crippen LogP contribution is 2.50. The van der Waals surface area contributed by atoms with E-state index in [4.69, 9.17) is 319 Å². The van der Waals surface area contributed by atoms with Crippen molar-refractivity contribution < 1.29 is 18.3 Å². The average molecular weight is 1380 g/mol. The van der Waals surface area contributed by atoms with Crippen molar-refractivity contribution in [2.45, 2.75) is 38.5 Å². The minimum absolute atomic E-state index is 0.0201. The summed E-state index contributed by atoms with van der Waals surface area (Å²) in [5.74, 6) is 0.858. The van der Waals surface area contributed by atoms with Gasteiger partial charge < -0.3 is 14.5 Å². The highest BCUT2D eigenvalue weighted by Gasteiger charge is 2.66. The zero-order valence-corrected chi connectivity index (χ0v) is 67.5. The van der Waals surface area contributed by atoms with Crippen molar-refractivity contribution in [1.29, 1.82) is 0 Å². The number of benzene rings is 4. The molecule has 7 rings (SSSR count). The molecule has 2 atom stereocenters. The summed E-state index contributed by atoms with van der Waals surface area (Å²) >= 11 is 0. The molecule has 5 aromatic rings. The van der Waals surface area contributed by atoms with Gasteiger partial charge in [-0.15, -0.1) is 0 Å². The van der Waals surface area contributed by atoms with Crippen molar-refractivity contribution in [2.24, 2.45) is 0 Å². The van der Waals surface area contributed by atoms with E-state index in [9.17, 15) is 8.78 Å². The van der Waals surface area contributed by atoms with E-state index in [2.05, 4.69) is 46.3 Å². The highest BCUT2D eigenvalue weighted by atomic mass is 19.1. The first kappa shape index (κ1) is 108. The zero-order valence-electron chi connectivity index (χ0n) is 67.5. The fourth-order valence-electron chi connectivity index (χ4n) is 20.3. The van der Waals surface area contributed by atoms with E-state index in [1.54, 1.807) is 32.2 Å². The third-order valence-corrected chi connectivity index (χ3v) is 24.9. The number of para-hydroxylation sites is 1. The molecule has 4 nitrogen and oxygen atoms in total. The van der Waals surface area contributed by atoms with Crippen LogP contribution in [0.4, 0.5) is 8.78 Å². The number of hydrogen-bond acceptors (Lipinski definition) is 3. The van der Waals surface area contributed by atoms with Crippen LogP contribution in [0.5, 0.6) is 11.5 Å². The Bertz CT molecular complexity index is 3480. The van der Waals surface area contributed by atoms with E-state index in [-0.39, 0.29) is 30.3 Å². The maximum Gasteiger partial charge on any atom is 0.161 e. The van der Waals surface area contributed by atoms with Gasteiger partial charge in [0.2, 0.25) is 0 Å². The average Bonchev–Trinajstić information content (AvgIpc) is 1.14. The SMILES string of the molecule is COc1cc2c(cc1OCc1ccc(C)c(F)c1)CCN1C2Cc2c([nH]c3ccccc23)C1c1ccc(F)cc1.[B]B([B])B(B([B])[B])B(B(B([B])[B])B([B])[B])B(B(B(B([B])[B])B([B])[B])B(B([B])[B])B([B])[B])B(B(B(B([B])[B])B([B])[B])B(B([B])[B])B([B])[B])B(B(B(B([B])[B])B([B])[B])B(B([B])[B])B([B])[B])B(B(B([B])[B])B([B])[B])B(B([B])[B])B([B])[B]. The Balaban J connectivity index is 0.000000442. The van der Waals surface area contributed by atoms with Crippen LogP contribution < -0.4 is 9.47 Å². The number of aryl methyl sites for hydroxylation is 1. The van der Waals surface area contributed by atoms with E-state index in [1.165, 1.54) is 33.8 Å². The van der Waals surface area contributed by atoms with E-state index in [1.807, 2.05) is 18.2 Å². The summed E-state index contributed by atoms with van der Waals surface area (Å²) in [6.07, 6.45) is -61.4. The number of fused-ring (bicyclic) bond motifs is 6. The molecule has 1 aromatic heterocycles. The van der Waals surface area contributed by atoms with Gasteiger partial charge in [-0.25, -0.2) is 8.78 Å². The first-order valence-corrected chi connectivity index (χ1v) is 39.4. The zero-order chi connectivity index (χ0) is 89.3. The van der Waals surface area contributed by atoms with Crippen LogP contribution in [0.25, 0.3) is 10.9 Å². The molecular weight excluding hydrogens is 1350 g/mol. The molecule has 3 heterocycles. The summed E-state index contributed by atoms with van der Waals surface area (Å²) in [6, 6.07) is 24.8. The molecule has 0 amide bonds. The van der Waals surface area contributed by atoms with Gasteiger partial charge in [0.1, 0.15) is 18.2 Å². The van der Waals surface area contributed by atoms with Crippen molar-refractivity contribution >= 4 is 563 Å². The van der Waals surface area contributed by atoms with Crippen LogP contribution in [0, 0.1) is 18.6 Å². The molecule has 2 aliphatic rings. The molecule has 0 spiro atoms. The van der Waals surface area contributed by atoms with Gasteiger partial charge in [0.25, 0.3) is 0 Å². The monoisotopic (exact) mass is 1390 g/mol. The fraction of sp³-hybridized carbons (Fsp3) is 0.235. The quantitative estimate of drug-likeness (QED) is 0.0396. The molecule has 0 aliphatic carbocycles. The van der Waals surface area contributed by atoms with Crippen molar-refractivity contribution in [3.8, 4) is 11.5 Å². The Labute approximate surface area is 777 Å². The summed E-state index contributed by atoms with van der Waals surface area (Å²) in [6.45, 7) is 2.86. The number of ether oxygens (including phenoxy) is 2. The molecule has 0 bridgehead atoms. The molecule has 0 saturated carbocycles. The van der Waals surface area contributed by atoms with Crippen LogP contribution in [0.1, 0.15) is 51.2 Å².